The van der Waals surface area contributed by atoms with Crippen molar-refractivity contribution in [2.45, 2.75) is 5.03 Å². The number of pyridine rings is 1. The number of aromatic nitrogens is 1. The normalized spacial score (nSPS) is 9.42. The van der Waals surface area contributed by atoms with E-state index in [1.807, 2.05) is 0 Å². The van der Waals surface area contributed by atoms with E-state index in [-0.39, 0.29) is 39.3 Å². The maximum Gasteiger partial charge on any atom is 1.00 e. The van der Waals surface area contributed by atoms with E-state index in [9.17, 15) is 8.42 Å². The van der Waals surface area contributed by atoms with Crippen LogP contribution in [-0.4, -0.2) is 13.4 Å². The number of halogens is 1. The molecule has 1 aromatic heterocycles. The third-order valence-corrected chi connectivity index (χ3v) is 1.75. The second-order valence-corrected chi connectivity index (χ2v) is 3.22. The standard InChI is InChI=1S/C5H6N2O2S.FH.Na/c6-10(8,9)5-3-1-2-4-7-5;;/h1-4H,(H2,6,8,9);1H;/q;;+1/p-1. The van der Waals surface area contributed by atoms with Crippen LogP contribution in [0.4, 0.5) is 0 Å². The molecule has 0 amide bonds. The molecule has 0 saturated carbocycles. The van der Waals surface area contributed by atoms with Gasteiger partial charge in [0.2, 0.25) is 0 Å². The minimum Gasteiger partial charge on any atom is -1.00 e. The van der Waals surface area contributed by atoms with Gasteiger partial charge in [-0.05, 0) is 12.1 Å². The van der Waals surface area contributed by atoms with Gasteiger partial charge in [-0.3, -0.25) is 0 Å². The maximum atomic E-state index is 10.5. The number of primary sulfonamides is 1. The molecule has 0 aromatic carbocycles. The molecule has 0 radical (unpaired) electrons. The molecule has 0 aliphatic rings. The first kappa shape index (κ1) is 14.5. The van der Waals surface area contributed by atoms with E-state index in [0.29, 0.717) is 0 Å². The smallest absolute Gasteiger partial charge is 1.00 e. The minimum atomic E-state index is -3.61. The number of sulfonamides is 1. The zero-order valence-electron chi connectivity index (χ0n) is 6.44. The monoisotopic (exact) mass is 200 g/mol. The molecule has 2 N–H and O–H groups in total. The molecule has 0 fully saturated rings. The topological polar surface area (TPSA) is 73.1 Å². The van der Waals surface area contributed by atoms with Gasteiger partial charge in [0, 0.05) is 6.20 Å². The van der Waals surface area contributed by atoms with Crippen molar-refractivity contribution in [2.24, 2.45) is 5.14 Å². The van der Waals surface area contributed by atoms with Crippen LogP contribution in [0.25, 0.3) is 0 Å². The number of hydrogen-bond donors (Lipinski definition) is 1. The fourth-order valence-corrected chi connectivity index (χ4v) is 0.991. The Morgan fingerprint density at radius 1 is 1.33 bits per heavy atom. The molecular weight excluding hydrogens is 194 g/mol. The van der Waals surface area contributed by atoms with Gasteiger partial charge in [0.1, 0.15) is 0 Å². The van der Waals surface area contributed by atoms with E-state index in [1.54, 1.807) is 12.1 Å². The van der Waals surface area contributed by atoms with Crippen molar-refractivity contribution in [3.8, 4) is 0 Å². The van der Waals surface area contributed by atoms with Crippen molar-refractivity contribution in [2.75, 3.05) is 0 Å². The van der Waals surface area contributed by atoms with Crippen LogP contribution >= 0.6 is 0 Å². The molecular formula is C5H6FN2NaO2S. The Bertz CT molecular complexity index is 315. The van der Waals surface area contributed by atoms with Crippen LogP contribution in [-0.2, 0) is 10.0 Å². The Labute approximate surface area is 91.9 Å². The molecule has 0 aliphatic carbocycles. The minimum absolute atomic E-state index is 0. The molecule has 1 heterocycles. The summed E-state index contributed by atoms with van der Waals surface area (Å²) in [7, 11) is -3.61. The summed E-state index contributed by atoms with van der Waals surface area (Å²) in [5.74, 6) is 0. The third kappa shape index (κ3) is 4.13. The predicted molar refractivity (Wildman–Crippen MR) is 35.6 cm³/mol. The van der Waals surface area contributed by atoms with Gasteiger partial charge in [-0.1, -0.05) is 6.07 Å². The average molecular weight is 200 g/mol. The van der Waals surface area contributed by atoms with Crippen LogP contribution in [0.3, 0.4) is 0 Å². The van der Waals surface area contributed by atoms with Gasteiger partial charge in [0.15, 0.2) is 5.03 Å². The Morgan fingerprint density at radius 2 is 1.92 bits per heavy atom. The molecule has 7 heteroatoms. The molecule has 0 spiro atoms. The van der Waals surface area contributed by atoms with Crippen molar-refractivity contribution in [3.05, 3.63) is 24.4 Å². The van der Waals surface area contributed by atoms with Crippen molar-refractivity contribution in [1.29, 1.82) is 0 Å². The van der Waals surface area contributed by atoms with Crippen LogP contribution in [0.15, 0.2) is 29.4 Å². The number of nitrogens with zero attached hydrogens (tertiary/aromatic N) is 1. The molecule has 0 aliphatic heterocycles. The summed E-state index contributed by atoms with van der Waals surface area (Å²) >= 11 is 0. The van der Waals surface area contributed by atoms with Gasteiger partial charge >= 0.3 is 29.6 Å². The van der Waals surface area contributed by atoms with Crippen LogP contribution in [0.2, 0.25) is 0 Å². The molecule has 0 bridgehead atoms. The van der Waals surface area contributed by atoms with Crippen LogP contribution in [0.1, 0.15) is 0 Å². The van der Waals surface area contributed by atoms with E-state index in [4.69, 9.17) is 5.14 Å². The van der Waals surface area contributed by atoms with Crippen LogP contribution < -0.4 is 39.4 Å². The first-order valence-electron chi connectivity index (χ1n) is 2.54. The van der Waals surface area contributed by atoms with E-state index in [1.165, 1.54) is 12.3 Å². The molecule has 0 unspecified atom stereocenters. The van der Waals surface area contributed by atoms with Gasteiger partial charge in [-0.15, -0.1) is 0 Å². The molecule has 0 atom stereocenters. The predicted octanol–water partition coefficient (Wildman–Crippen LogP) is -6.26. The zero-order valence-corrected chi connectivity index (χ0v) is 9.25. The van der Waals surface area contributed by atoms with Gasteiger partial charge in [-0.25, -0.2) is 18.5 Å². The van der Waals surface area contributed by atoms with E-state index >= 15 is 0 Å². The Balaban J connectivity index is 0. The number of rotatable bonds is 1. The van der Waals surface area contributed by atoms with Crippen LogP contribution in [0.5, 0.6) is 0 Å². The largest absolute Gasteiger partial charge is 1.00 e. The summed E-state index contributed by atoms with van der Waals surface area (Å²) in [6.45, 7) is 0. The van der Waals surface area contributed by atoms with E-state index in [0.717, 1.165) is 0 Å². The van der Waals surface area contributed by atoms with Crippen molar-refractivity contribution < 1.29 is 42.7 Å². The van der Waals surface area contributed by atoms with Crippen LogP contribution in [0, 0.1) is 0 Å². The molecule has 0 saturated heterocycles. The molecule has 4 nitrogen and oxygen atoms in total. The molecule has 12 heavy (non-hydrogen) atoms. The second-order valence-electron chi connectivity index (χ2n) is 1.71. The van der Waals surface area contributed by atoms with Gasteiger partial charge < -0.3 is 4.70 Å². The molecule has 62 valence electrons. The van der Waals surface area contributed by atoms with E-state index in [2.05, 4.69) is 4.98 Å². The number of hydrogen-bond acceptors (Lipinski definition) is 3. The maximum absolute atomic E-state index is 10.5. The third-order valence-electron chi connectivity index (χ3n) is 0.929. The summed E-state index contributed by atoms with van der Waals surface area (Å²) in [6, 6.07) is 4.52. The van der Waals surface area contributed by atoms with Gasteiger partial charge in [0.25, 0.3) is 10.0 Å². The van der Waals surface area contributed by atoms with Gasteiger partial charge in [0.05, 0.1) is 0 Å². The Morgan fingerprint density at radius 3 is 2.17 bits per heavy atom. The fourth-order valence-electron chi connectivity index (χ4n) is 0.515. The van der Waals surface area contributed by atoms with Crippen molar-refractivity contribution in [1.82, 2.24) is 4.98 Å². The SMILES string of the molecule is NS(=O)(=O)c1ccccn1.[F-].[Na+]. The second kappa shape index (κ2) is 5.60. The summed E-state index contributed by atoms with van der Waals surface area (Å²) < 4.78 is 21.1. The fraction of sp³-hybridized carbons (Fsp3) is 0. The average Bonchev–Trinajstić information content (AvgIpc) is 1.88. The number of nitrogens with two attached hydrogens (primary N) is 1. The summed E-state index contributed by atoms with van der Waals surface area (Å²) in [5, 5.41) is 4.66. The first-order chi connectivity index (χ1) is 4.61. The Kier molecular flexibility index (Phi) is 6.78. The van der Waals surface area contributed by atoms with Crippen molar-refractivity contribution >= 4 is 10.0 Å². The summed E-state index contributed by atoms with van der Waals surface area (Å²) in [4.78, 5) is 3.54. The van der Waals surface area contributed by atoms with E-state index < -0.39 is 10.0 Å². The van der Waals surface area contributed by atoms with Crippen molar-refractivity contribution in [3.63, 3.8) is 0 Å². The molecule has 1 rings (SSSR count). The quantitative estimate of drug-likeness (QED) is 0.458. The summed E-state index contributed by atoms with van der Waals surface area (Å²) in [6.07, 6.45) is 1.37. The Hall–Kier alpha value is -0.0100. The van der Waals surface area contributed by atoms with Gasteiger partial charge in [-0.2, -0.15) is 0 Å². The first-order valence-corrected chi connectivity index (χ1v) is 4.09. The zero-order chi connectivity index (χ0) is 7.61. The molecule has 1 aromatic rings. The summed E-state index contributed by atoms with van der Waals surface area (Å²) in [5.41, 5.74) is 0.